The highest BCUT2D eigenvalue weighted by Gasteiger charge is 2.47. The maximum absolute atomic E-state index is 12.4. The van der Waals surface area contributed by atoms with Crippen LogP contribution in [0.25, 0.3) is 0 Å². The molecule has 0 unspecified atom stereocenters. The number of sulfonamides is 1. The molecule has 0 aromatic heterocycles. The minimum atomic E-state index is -3.76. The first-order chi connectivity index (χ1) is 9.21. The summed E-state index contributed by atoms with van der Waals surface area (Å²) in [6.07, 6.45) is 1.36. The first-order valence-electron chi connectivity index (χ1n) is 6.17. The Labute approximate surface area is 128 Å². The molecule has 1 saturated heterocycles. The average molecular weight is 339 g/mol. The number of aliphatic hydroxyl groups is 1. The lowest BCUT2D eigenvalue weighted by molar-refractivity contribution is -0.0653. The molecule has 1 aliphatic rings. The fourth-order valence-corrected chi connectivity index (χ4v) is 4.63. The third-order valence-electron chi connectivity index (χ3n) is 3.37. The quantitative estimate of drug-likeness (QED) is 0.823. The zero-order valence-corrected chi connectivity index (χ0v) is 13.3. The van der Waals surface area contributed by atoms with E-state index in [1.165, 1.54) is 16.4 Å². The predicted octanol–water partition coefficient (Wildman–Crippen LogP) is 2.11. The topological polar surface area (TPSA) is 83.6 Å². The number of anilines is 1. The first-order valence-corrected chi connectivity index (χ1v) is 8.37. The standard InChI is InChI=1S/C12H16Cl2N2O3S/c1-2-5-12(17)6-16(7-12)20(18,19)9-4-3-8(13)11(15)10(9)14/h3-4,17H,2,5-7,15H2,1H3. The summed E-state index contributed by atoms with van der Waals surface area (Å²) in [6, 6.07) is 2.72. The summed E-state index contributed by atoms with van der Waals surface area (Å²) in [5.74, 6) is 0. The maximum Gasteiger partial charge on any atom is 0.244 e. The zero-order chi connectivity index (χ0) is 15.1. The van der Waals surface area contributed by atoms with Gasteiger partial charge in [-0.1, -0.05) is 36.5 Å². The Morgan fingerprint density at radius 1 is 1.40 bits per heavy atom. The molecule has 1 aromatic rings. The lowest BCUT2D eigenvalue weighted by Crippen LogP contribution is -2.63. The summed E-state index contributed by atoms with van der Waals surface area (Å²) < 4.78 is 26.0. The third kappa shape index (κ3) is 2.63. The highest BCUT2D eigenvalue weighted by atomic mass is 35.5. The van der Waals surface area contributed by atoms with Crippen LogP contribution in [0.4, 0.5) is 5.69 Å². The van der Waals surface area contributed by atoms with Gasteiger partial charge in [0.1, 0.15) is 4.90 Å². The smallest absolute Gasteiger partial charge is 0.244 e. The van der Waals surface area contributed by atoms with Crippen LogP contribution in [0.15, 0.2) is 17.0 Å². The van der Waals surface area contributed by atoms with E-state index in [9.17, 15) is 13.5 Å². The number of nitrogen functional groups attached to an aromatic ring is 1. The van der Waals surface area contributed by atoms with Gasteiger partial charge in [0.2, 0.25) is 10.0 Å². The van der Waals surface area contributed by atoms with E-state index in [-0.39, 0.29) is 33.7 Å². The van der Waals surface area contributed by atoms with Gasteiger partial charge < -0.3 is 10.8 Å². The number of hydrogen-bond acceptors (Lipinski definition) is 4. The molecular formula is C12H16Cl2N2O3S. The molecule has 8 heteroatoms. The monoisotopic (exact) mass is 338 g/mol. The molecule has 2 rings (SSSR count). The Hall–Kier alpha value is -0.530. The van der Waals surface area contributed by atoms with Crippen molar-refractivity contribution < 1.29 is 13.5 Å². The van der Waals surface area contributed by atoms with E-state index >= 15 is 0 Å². The van der Waals surface area contributed by atoms with E-state index in [1.807, 2.05) is 6.92 Å². The van der Waals surface area contributed by atoms with Gasteiger partial charge in [0, 0.05) is 13.1 Å². The predicted molar refractivity (Wildman–Crippen MR) is 79.5 cm³/mol. The summed E-state index contributed by atoms with van der Waals surface area (Å²) in [5, 5.41) is 10.2. The summed E-state index contributed by atoms with van der Waals surface area (Å²) in [5.41, 5.74) is 4.75. The number of nitrogens with two attached hydrogens (primary N) is 1. The Morgan fingerprint density at radius 3 is 2.55 bits per heavy atom. The van der Waals surface area contributed by atoms with Gasteiger partial charge in [-0.05, 0) is 18.6 Å². The summed E-state index contributed by atoms with van der Waals surface area (Å²) in [4.78, 5) is -0.0837. The Balaban J connectivity index is 2.28. The fourth-order valence-electron chi connectivity index (χ4n) is 2.29. The van der Waals surface area contributed by atoms with E-state index in [1.54, 1.807) is 0 Å². The molecule has 0 saturated carbocycles. The second kappa shape index (κ2) is 5.35. The van der Waals surface area contributed by atoms with Gasteiger partial charge in [-0.15, -0.1) is 0 Å². The Kier molecular flexibility index (Phi) is 4.24. The number of nitrogens with zero attached hydrogens (tertiary/aromatic N) is 1. The molecular weight excluding hydrogens is 323 g/mol. The molecule has 0 aliphatic carbocycles. The van der Waals surface area contributed by atoms with Gasteiger partial charge in [-0.3, -0.25) is 0 Å². The molecule has 0 atom stereocenters. The van der Waals surface area contributed by atoms with Crippen LogP contribution in [0, 0.1) is 0 Å². The minimum Gasteiger partial charge on any atom is -0.396 e. The van der Waals surface area contributed by atoms with Crippen molar-refractivity contribution in [3.8, 4) is 0 Å². The second-order valence-corrected chi connectivity index (χ2v) is 7.71. The summed E-state index contributed by atoms with van der Waals surface area (Å²) >= 11 is 11.8. The number of β-amino-alcohol motifs (C(OH)–C–C–N with tert-alkyl or cyclic N) is 1. The number of rotatable bonds is 4. The molecule has 1 fully saturated rings. The van der Waals surface area contributed by atoms with E-state index < -0.39 is 15.6 Å². The van der Waals surface area contributed by atoms with Crippen LogP contribution in [0.1, 0.15) is 19.8 Å². The summed E-state index contributed by atoms with van der Waals surface area (Å²) in [6.45, 7) is 2.08. The van der Waals surface area contributed by atoms with Crippen LogP contribution in [-0.4, -0.2) is 36.5 Å². The van der Waals surface area contributed by atoms with Crippen LogP contribution in [0.2, 0.25) is 10.0 Å². The van der Waals surface area contributed by atoms with E-state index in [4.69, 9.17) is 28.9 Å². The van der Waals surface area contributed by atoms with E-state index in [2.05, 4.69) is 0 Å². The van der Waals surface area contributed by atoms with Crippen LogP contribution in [-0.2, 0) is 10.0 Å². The number of hydrogen-bond donors (Lipinski definition) is 2. The molecule has 5 nitrogen and oxygen atoms in total. The maximum atomic E-state index is 12.4. The average Bonchev–Trinajstić information content (AvgIpc) is 2.33. The van der Waals surface area contributed by atoms with Gasteiger partial charge in [-0.25, -0.2) is 8.42 Å². The van der Waals surface area contributed by atoms with Crippen molar-refractivity contribution in [1.82, 2.24) is 4.31 Å². The molecule has 1 aliphatic heterocycles. The zero-order valence-electron chi connectivity index (χ0n) is 10.9. The van der Waals surface area contributed by atoms with Crippen molar-refractivity contribution in [3.63, 3.8) is 0 Å². The van der Waals surface area contributed by atoms with Crippen molar-refractivity contribution in [2.75, 3.05) is 18.8 Å². The first kappa shape index (κ1) is 15.9. The molecule has 1 heterocycles. The number of benzene rings is 1. The molecule has 0 spiro atoms. The molecule has 3 N–H and O–H groups in total. The van der Waals surface area contributed by atoms with E-state index in [0.29, 0.717) is 6.42 Å². The van der Waals surface area contributed by atoms with Crippen molar-refractivity contribution in [2.45, 2.75) is 30.3 Å². The Bertz CT molecular complexity index is 628. The molecule has 20 heavy (non-hydrogen) atoms. The van der Waals surface area contributed by atoms with Gasteiger partial charge in [-0.2, -0.15) is 4.31 Å². The highest BCUT2D eigenvalue weighted by Crippen LogP contribution is 2.37. The van der Waals surface area contributed by atoms with Crippen LogP contribution in [0.3, 0.4) is 0 Å². The van der Waals surface area contributed by atoms with Crippen molar-refractivity contribution in [2.24, 2.45) is 0 Å². The van der Waals surface area contributed by atoms with Crippen molar-refractivity contribution in [3.05, 3.63) is 22.2 Å². The van der Waals surface area contributed by atoms with Crippen LogP contribution >= 0.6 is 23.2 Å². The van der Waals surface area contributed by atoms with E-state index in [0.717, 1.165) is 6.42 Å². The van der Waals surface area contributed by atoms with Crippen molar-refractivity contribution in [1.29, 1.82) is 0 Å². The largest absolute Gasteiger partial charge is 0.396 e. The minimum absolute atomic E-state index is 0.0405. The molecule has 112 valence electrons. The SMILES string of the molecule is CCCC1(O)CN(S(=O)(=O)c2ccc(Cl)c(N)c2Cl)C1. The molecule has 0 bridgehead atoms. The molecule has 0 radical (unpaired) electrons. The van der Waals surface area contributed by atoms with Crippen molar-refractivity contribution >= 4 is 38.9 Å². The van der Waals surface area contributed by atoms with Gasteiger partial charge >= 0.3 is 0 Å². The fraction of sp³-hybridized carbons (Fsp3) is 0.500. The van der Waals surface area contributed by atoms with Gasteiger partial charge in [0.05, 0.1) is 21.3 Å². The van der Waals surface area contributed by atoms with Gasteiger partial charge in [0.25, 0.3) is 0 Å². The highest BCUT2D eigenvalue weighted by molar-refractivity contribution is 7.89. The normalized spacial score (nSPS) is 18.8. The number of halogens is 2. The third-order valence-corrected chi connectivity index (χ3v) is 6.05. The Morgan fingerprint density at radius 2 is 2.00 bits per heavy atom. The van der Waals surface area contributed by atoms with Crippen LogP contribution < -0.4 is 5.73 Å². The lowest BCUT2D eigenvalue weighted by Gasteiger charge is -2.45. The summed E-state index contributed by atoms with van der Waals surface area (Å²) in [7, 11) is -3.76. The van der Waals surface area contributed by atoms with Gasteiger partial charge in [0.15, 0.2) is 0 Å². The molecule has 0 amide bonds. The molecule has 1 aromatic carbocycles. The lowest BCUT2D eigenvalue weighted by atomic mass is 9.92. The van der Waals surface area contributed by atoms with Crippen LogP contribution in [0.5, 0.6) is 0 Å². The second-order valence-electron chi connectivity index (χ2n) is 5.02.